The highest BCUT2D eigenvalue weighted by molar-refractivity contribution is 7.44. The molecule has 1 N–H and O–H groups in total. The van der Waals surface area contributed by atoms with Crippen LogP contribution in [0.5, 0.6) is 11.5 Å². The van der Waals surface area contributed by atoms with E-state index in [2.05, 4.69) is 48.7 Å². The van der Waals surface area contributed by atoms with Crippen molar-refractivity contribution in [3.05, 3.63) is 154 Å². The van der Waals surface area contributed by atoms with E-state index in [-0.39, 0.29) is 37.5 Å². The summed E-state index contributed by atoms with van der Waals surface area (Å²) in [6, 6.07) is 36.2. The van der Waals surface area contributed by atoms with Gasteiger partial charge in [-0.25, -0.2) is 9.46 Å². The van der Waals surface area contributed by atoms with Crippen LogP contribution in [0.2, 0.25) is 0 Å². The molecule has 2 heterocycles. The number of anilines is 1. The summed E-state index contributed by atoms with van der Waals surface area (Å²) in [5.41, 5.74) is 1.52. The molecule has 1 fully saturated rings. The molecule has 6 rings (SSSR count). The fourth-order valence-corrected chi connectivity index (χ4v) is 9.54. The summed E-state index contributed by atoms with van der Waals surface area (Å²) in [6.45, 7) is 10.0. The van der Waals surface area contributed by atoms with Crippen LogP contribution in [-0.4, -0.2) is 85.1 Å². The van der Waals surface area contributed by atoms with Gasteiger partial charge in [0.25, 0.3) is 14.4 Å². The first kappa shape index (κ1) is 47.0. The average Bonchev–Trinajstić information content (AvgIpc) is 3.64. The summed E-state index contributed by atoms with van der Waals surface area (Å²) in [5.74, 6) is 1.08. The number of amides is 1. The normalized spacial score (nSPS) is 18.1. The van der Waals surface area contributed by atoms with Gasteiger partial charge in [-0.2, -0.15) is 10.2 Å². The monoisotopic (exact) mass is 877 g/mol. The van der Waals surface area contributed by atoms with Crippen molar-refractivity contribution in [2.75, 3.05) is 39.9 Å². The molecule has 14 nitrogen and oxygen atoms in total. The molecule has 1 amide bonds. The van der Waals surface area contributed by atoms with E-state index in [0.29, 0.717) is 22.6 Å². The Balaban J connectivity index is 1.46. The molecule has 1 aliphatic rings. The van der Waals surface area contributed by atoms with Gasteiger partial charge in [0.05, 0.1) is 39.9 Å². The van der Waals surface area contributed by atoms with Crippen molar-refractivity contribution in [3.8, 4) is 17.6 Å². The molecule has 1 saturated heterocycles. The molecule has 1 unspecified atom stereocenters. The highest BCUT2D eigenvalue weighted by Gasteiger charge is 2.51. The molecule has 0 aliphatic carbocycles. The lowest BCUT2D eigenvalue weighted by Gasteiger charge is -2.39. The van der Waals surface area contributed by atoms with E-state index in [1.165, 1.54) is 11.7 Å². The Morgan fingerprint density at radius 3 is 1.94 bits per heavy atom. The second-order valence-corrected chi connectivity index (χ2v) is 16.9. The number of hydrogen-bond acceptors (Lipinski definition) is 12. The number of nitriles is 1. The molecular formula is C48H56N5O9P. The minimum Gasteiger partial charge on any atom is -0.497 e. The van der Waals surface area contributed by atoms with Gasteiger partial charge in [-0.15, -0.1) is 0 Å². The molecule has 15 heteroatoms. The van der Waals surface area contributed by atoms with Gasteiger partial charge in [0.1, 0.15) is 41.2 Å². The molecule has 63 heavy (non-hydrogen) atoms. The second-order valence-electron chi connectivity index (χ2n) is 15.5. The van der Waals surface area contributed by atoms with Crippen molar-refractivity contribution in [2.24, 2.45) is 0 Å². The maximum Gasteiger partial charge on any atom is 0.351 e. The summed E-state index contributed by atoms with van der Waals surface area (Å²) in [4.78, 5) is 31.4. The van der Waals surface area contributed by atoms with E-state index in [1.54, 1.807) is 51.6 Å². The molecule has 5 atom stereocenters. The average molecular weight is 878 g/mol. The third kappa shape index (κ3) is 10.7. The minimum atomic E-state index is -1.82. The van der Waals surface area contributed by atoms with Crippen molar-refractivity contribution in [2.45, 2.75) is 83.3 Å². The molecule has 0 radical (unpaired) electrons. The molecule has 332 valence electrons. The van der Waals surface area contributed by atoms with Crippen molar-refractivity contribution >= 4 is 20.3 Å². The van der Waals surface area contributed by atoms with E-state index in [0.717, 1.165) is 16.7 Å². The number of aromatic nitrogens is 2. The van der Waals surface area contributed by atoms with Gasteiger partial charge in [0.15, 0.2) is 6.23 Å². The number of benzene rings is 4. The lowest BCUT2D eigenvalue weighted by Crippen LogP contribution is -2.43. The maximum absolute atomic E-state index is 14.0. The molecule has 0 spiro atoms. The first-order valence-corrected chi connectivity index (χ1v) is 22.0. The molecule has 1 aromatic heterocycles. The van der Waals surface area contributed by atoms with Gasteiger partial charge >= 0.3 is 5.69 Å². The largest absolute Gasteiger partial charge is 0.497 e. The smallest absolute Gasteiger partial charge is 0.351 e. The fourth-order valence-electron chi connectivity index (χ4n) is 7.77. The van der Waals surface area contributed by atoms with Crippen LogP contribution in [-0.2, 0) is 28.9 Å². The molecule has 0 bridgehead atoms. The Morgan fingerprint density at radius 2 is 1.41 bits per heavy atom. The molecular weight excluding hydrogens is 822 g/mol. The highest BCUT2D eigenvalue weighted by atomic mass is 31.2. The first-order valence-electron chi connectivity index (χ1n) is 20.8. The number of nitrogens with zero attached hydrogens (tertiary/aromatic N) is 4. The number of ether oxygens (including phenoxy) is 5. The Bertz CT molecular complexity index is 2290. The van der Waals surface area contributed by atoms with E-state index < -0.39 is 50.3 Å². The zero-order valence-corrected chi connectivity index (χ0v) is 37.9. The predicted octanol–water partition coefficient (Wildman–Crippen LogP) is 8.40. The highest BCUT2D eigenvalue weighted by Crippen LogP contribution is 2.51. The van der Waals surface area contributed by atoms with Crippen LogP contribution in [0, 0.1) is 18.3 Å². The quantitative estimate of drug-likeness (QED) is 0.0454. The fraction of sp³-hybridized carbons (Fsp3) is 0.375. The van der Waals surface area contributed by atoms with Gasteiger partial charge < -0.3 is 38.0 Å². The van der Waals surface area contributed by atoms with Crippen LogP contribution >= 0.6 is 8.53 Å². The maximum atomic E-state index is 14.0. The van der Waals surface area contributed by atoms with Crippen molar-refractivity contribution in [1.82, 2.24) is 14.2 Å². The van der Waals surface area contributed by atoms with Crippen LogP contribution in [0.1, 0.15) is 73.0 Å². The van der Waals surface area contributed by atoms with E-state index in [9.17, 15) is 14.9 Å². The number of rotatable bonds is 20. The number of aryl methyl sites for hydroxylation is 1. The third-order valence-corrected chi connectivity index (χ3v) is 12.9. The lowest BCUT2D eigenvalue weighted by atomic mass is 9.80. The number of nitrogens with one attached hydrogen (secondary N) is 1. The Hall–Kier alpha value is -5.49. The van der Waals surface area contributed by atoms with Gasteiger partial charge in [-0.05, 0) is 87.7 Å². The number of hydrogen-bond donors (Lipinski definition) is 1. The van der Waals surface area contributed by atoms with Crippen molar-refractivity contribution in [1.29, 1.82) is 5.26 Å². The zero-order valence-electron chi connectivity index (χ0n) is 37.0. The Kier molecular flexibility index (Phi) is 16.2. The second kappa shape index (κ2) is 21.7. The van der Waals surface area contributed by atoms with Crippen molar-refractivity contribution < 1.29 is 37.5 Å². The lowest BCUT2D eigenvalue weighted by molar-refractivity contribution is -0.0957. The van der Waals surface area contributed by atoms with Gasteiger partial charge in [-0.3, -0.25) is 9.36 Å². The van der Waals surface area contributed by atoms with Crippen LogP contribution in [0.3, 0.4) is 0 Å². The zero-order chi connectivity index (χ0) is 45.1. The number of methoxy groups -OCH3 is 3. The van der Waals surface area contributed by atoms with Gasteiger partial charge in [0.2, 0.25) is 0 Å². The summed E-state index contributed by atoms with van der Waals surface area (Å²) in [6.07, 6.45) is -1.93. The summed E-state index contributed by atoms with van der Waals surface area (Å²) < 4.78 is 48.5. The standard InChI is InChI=1S/C48H56N5O9P/c1-32(2)53(33(3)4)63(60-29-15-28-49)62-42-41(61-46(43(42)58-8)52-30-34(5)44(51-47(52)55)50-45(54)35-16-11-9-12-17-35)31-59-48(36-18-13-10-14-19-36,37-20-24-39(56-6)25-21-37)38-22-26-40(57-7)27-23-38/h9-14,16-27,30,32-33,41-43,46H,15,29,31H2,1-8H3,(H,50,51,54,55)/t41-,42-,43-,46-,63?/m1/s1. The predicted molar refractivity (Wildman–Crippen MR) is 241 cm³/mol. The molecule has 4 aromatic carbocycles. The number of carbonyl (C=O) groups excluding carboxylic acids is 1. The summed E-state index contributed by atoms with van der Waals surface area (Å²) >= 11 is 0. The molecule has 1 aliphatic heterocycles. The first-order chi connectivity index (χ1) is 30.4. The van der Waals surface area contributed by atoms with E-state index in [1.807, 2.05) is 84.9 Å². The Labute approximate surface area is 370 Å². The molecule has 0 saturated carbocycles. The van der Waals surface area contributed by atoms with Crippen LogP contribution < -0.4 is 20.5 Å². The van der Waals surface area contributed by atoms with Gasteiger partial charge in [-0.1, -0.05) is 72.8 Å². The van der Waals surface area contributed by atoms with Crippen molar-refractivity contribution in [3.63, 3.8) is 0 Å². The van der Waals surface area contributed by atoms with E-state index >= 15 is 0 Å². The third-order valence-electron chi connectivity index (χ3n) is 10.7. The summed E-state index contributed by atoms with van der Waals surface area (Å²) in [5, 5.41) is 12.2. The van der Waals surface area contributed by atoms with Gasteiger partial charge in [0, 0.05) is 36.5 Å². The molecule has 5 aromatic rings. The summed E-state index contributed by atoms with van der Waals surface area (Å²) in [7, 11) is 2.96. The SMILES string of the molecule is COc1ccc(C(OC[C@H]2O[C@@H](n3cc(C)c(NC(=O)c4ccccc4)nc3=O)[C@H](OC)[C@@H]2OP(OCCC#N)N(C(C)C)C(C)C)(c2ccccc2)c2ccc(OC)cc2)cc1. The van der Waals surface area contributed by atoms with Crippen LogP contribution in [0.15, 0.2) is 120 Å². The number of carbonyl (C=O) groups is 1. The van der Waals surface area contributed by atoms with E-state index in [4.69, 9.17) is 32.7 Å². The Morgan fingerprint density at radius 1 is 0.857 bits per heavy atom. The van der Waals surface area contributed by atoms with Crippen LogP contribution in [0.4, 0.5) is 5.82 Å². The minimum absolute atomic E-state index is 0.00371. The topological polar surface area (TPSA) is 156 Å². The van der Waals surface area contributed by atoms with Crippen LogP contribution in [0.25, 0.3) is 0 Å².